The lowest BCUT2D eigenvalue weighted by Gasteiger charge is -2.10. The highest BCUT2D eigenvalue weighted by molar-refractivity contribution is 7.18. The van der Waals surface area contributed by atoms with Crippen LogP contribution in [0.4, 0.5) is 0 Å². The van der Waals surface area contributed by atoms with E-state index in [4.69, 9.17) is 0 Å². The van der Waals surface area contributed by atoms with E-state index in [2.05, 4.69) is 15.1 Å². The third kappa shape index (κ3) is 2.96. The number of carbonyl (C=O) groups excluding carboxylic acids is 1. The first-order valence-corrected chi connectivity index (χ1v) is 10.2. The van der Waals surface area contributed by atoms with Gasteiger partial charge in [-0.05, 0) is 45.1 Å². The molecule has 0 saturated carbocycles. The van der Waals surface area contributed by atoms with E-state index in [1.165, 1.54) is 16.2 Å². The lowest BCUT2D eigenvalue weighted by atomic mass is 9.96. The van der Waals surface area contributed by atoms with Crippen LogP contribution >= 0.6 is 11.3 Å². The van der Waals surface area contributed by atoms with Gasteiger partial charge >= 0.3 is 0 Å². The van der Waals surface area contributed by atoms with Gasteiger partial charge in [-0.2, -0.15) is 10.4 Å². The molecule has 4 rings (SSSR count). The topological polar surface area (TPSA) is 104 Å². The van der Waals surface area contributed by atoms with E-state index in [1.807, 2.05) is 27.0 Å². The predicted molar refractivity (Wildman–Crippen MR) is 107 cm³/mol. The summed E-state index contributed by atoms with van der Waals surface area (Å²) in [6, 6.07) is 2.03. The van der Waals surface area contributed by atoms with Crippen LogP contribution in [0.5, 0.6) is 0 Å². The number of rotatable bonds is 4. The molecule has 0 bridgehead atoms. The Morgan fingerprint density at radius 1 is 1.36 bits per heavy atom. The van der Waals surface area contributed by atoms with Gasteiger partial charge in [0.25, 0.3) is 5.56 Å². The number of aromatic nitrogens is 4. The van der Waals surface area contributed by atoms with E-state index in [-0.39, 0.29) is 23.6 Å². The smallest absolute Gasteiger partial charge is 0.259 e. The van der Waals surface area contributed by atoms with Crippen molar-refractivity contribution in [3.63, 3.8) is 0 Å². The molecule has 1 atom stereocenters. The van der Waals surface area contributed by atoms with E-state index in [0.717, 1.165) is 48.2 Å². The van der Waals surface area contributed by atoms with Crippen molar-refractivity contribution < 1.29 is 4.79 Å². The van der Waals surface area contributed by atoms with Crippen molar-refractivity contribution in [2.45, 2.75) is 51.9 Å². The Morgan fingerprint density at radius 3 is 2.79 bits per heavy atom. The number of carbonyl (C=O) groups is 1. The maximum absolute atomic E-state index is 12.9. The van der Waals surface area contributed by atoms with Crippen LogP contribution in [0.2, 0.25) is 0 Å². The number of nitrogens with one attached hydrogen (secondary N) is 1. The minimum atomic E-state index is -1.10. The first kappa shape index (κ1) is 18.6. The van der Waals surface area contributed by atoms with Crippen LogP contribution in [0.25, 0.3) is 10.2 Å². The number of fused-ring (bicyclic) bond motifs is 3. The standard InChI is InChI=1S/C20H21N5O2S/c1-10-13(11(2)25(3)24-10)8-15(26)14(9-21)18-22-19(27)17-12-6-4-5-7-16(12)28-20(17)23-18/h14H,4-8H2,1-3H3,(H,22,23,27)/t14-/m1/s1. The van der Waals surface area contributed by atoms with Crippen molar-refractivity contribution in [3.05, 3.63) is 43.6 Å². The summed E-state index contributed by atoms with van der Waals surface area (Å²) in [6.07, 6.45) is 4.13. The summed E-state index contributed by atoms with van der Waals surface area (Å²) >= 11 is 1.51. The van der Waals surface area contributed by atoms with Crippen molar-refractivity contribution >= 4 is 27.3 Å². The Hall–Kier alpha value is -2.79. The van der Waals surface area contributed by atoms with Crippen LogP contribution in [0.15, 0.2) is 4.79 Å². The SMILES string of the molecule is Cc1nn(C)c(C)c1CC(=O)[C@@H](C#N)c1nc2sc3c(c2c(=O)[nH]1)CCCC3. The van der Waals surface area contributed by atoms with Gasteiger partial charge in [-0.1, -0.05) is 0 Å². The molecule has 0 radical (unpaired) electrons. The number of Topliss-reactive ketones (excluding diaryl/α,β-unsaturated/α-hetero) is 1. The van der Waals surface area contributed by atoms with Crippen molar-refractivity contribution in [1.29, 1.82) is 5.26 Å². The van der Waals surface area contributed by atoms with Gasteiger partial charge in [-0.25, -0.2) is 4.98 Å². The molecule has 0 amide bonds. The van der Waals surface area contributed by atoms with Crippen LogP contribution in [-0.2, 0) is 31.1 Å². The Kier molecular flexibility index (Phi) is 4.63. The Morgan fingerprint density at radius 2 is 2.11 bits per heavy atom. The number of H-pyrrole nitrogens is 1. The number of hydrogen-bond acceptors (Lipinski definition) is 6. The number of nitriles is 1. The average Bonchev–Trinajstić information content (AvgIpc) is 3.15. The number of aryl methyl sites for hydroxylation is 4. The molecule has 0 aromatic carbocycles. The van der Waals surface area contributed by atoms with Crippen molar-refractivity contribution in [3.8, 4) is 6.07 Å². The van der Waals surface area contributed by atoms with Gasteiger partial charge in [0, 0.05) is 29.6 Å². The maximum Gasteiger partial charge on any atom is 0.259 e. The van der Waals surface area contributed by atoms with Crippen LogP contribution in [0.3, 0.4) is 0 Å². The van der Waals surface area contributed by atoms with E-state index in [0.29, 0.717) is 10.2 Å². The highest BCUT2D eigenvalue weighted by Gasteiger charge is 2.27. The van der Waals surface area contributed by atoms with Crippen LogP contribution in [-0.4, -0.2) is 25.5 Å². The van der Waals surface area contributed by atoms with Gasteiger partial charge in [0.05, 0.1) is 17.1 Å². The zero-order valence-electron chi connectivity index (χ0n) is 16.1. The summed E-state index contributed by atoms with van der Waals surface area (Å²) in [5.41, 5.74) is 3.33. The fraction of sp³-hybridized carbons (Fsp3) is 0.450. The molecular weight excluding hydrogens is 374 g/mol. The van der Waals surface area contributed by atoms with Gasteiger partial charge < -0.3 is 4.98 Å². The molecule has 1 N–H and O–H groups in total. The van der Waals surface area contributed by atoms with Crippen LogP contribution in [0.1, 0.15) is 52.0 Å². The summed E-state index contributed by atoms with van der Waals surface area (Å²) in [4.78, 5) is 34.7. The fourth-order valence-electron chi connectivity index (χ4n) is 3.95. The number of thiophene rings is 1. The van der Waals surface area contributed by atoms with Gasteiger partial charge in [0.1, 0.15) is 10.7 Å². The number of ketones is 1. The quantitative estimate of drug-likeness (QED) is 0.731. The summed E-state index contributed by atoms with van der Waals surface area (Å²) in [5.74, 6) is -1.25. The fourth-order valence-corrected chi connectivity index (χ4v) is 5.22. The average molecular weight is 395 g/mol. The minimum absolute atomic E-state index is 0.0897. The molecule has 8 heteroatoms. The van der Waals surface area contributed by atoms with Crippen LogP contribution < -0.4 is 5.56 Å². The summed E-state index contributed by atoms with van der Waals surface area (Å²) in [6.45, 7) is 3.74. The largest absolute Gasteiger partial charge is 0.308 e. The molecule has 1 aliphatic carbocycles. The molecule has 7 nitrogen and oxygen atoms in total. The van der Waals surface area contributed by atoms with E-state index in [9.17, 15) is 14.9 Å². The zero-order valence-corrected chi connectivity index (χ0v) is 16.9. The number of aromatic amines is 1. The predicted octanol–water partition coefficient (Wildman–Crippen LogP) is 2.63. The van der Waals surface area contributed by atoms with Crippen molar-refractivity contribution in [1.82, 2.24) is 19.7 Å². The summed E-state index contributed by atoms with van der Waals surface area (Å²) in [5, 5.41) is 14.6. The molecule has 3 aromatic rings. The van der Waals surface area contributed by atoms with Crippen molar-refractivity contribution in [2.24, 2.45) is 7.05 Å². The van der Waals surface area contributed by atoms with E-state index in [1.54, 1.807) is 4.68 Å². The monoisotopic (exact) mass is 395 g/mol. The summed E-state index contributed by atoms with van der Waals surface area (Å²) < 4.78 is 1.72. The van der Waals surface area contributed by atoms with Crippen LogP contribution in [0, 0.1) is 25.2 Å². The van der Waals surface area contributed by atoms with Gasteiger partial charge in [0.2, 0.25) is 0 Å². The van der Waals surface area contributed by atoms with Gasteiger partial charge in [-0.15, -0.1) is 11.3 Å². The molecule has 3 aromatic heterocycles. The first-order valence-electron chi connectivity index (χ1n) is 9.36. The molecule has 0 aliphatic heterocycles. The van der Waals surface area contributed by atoms with Gasteiger partial charge in [0.15, 0.2) is 11.7 Å². The molecule has 0 saturated heterocycles. The van der Waals surface area contributed by atoms with Gasteiger partial charge in [-0.3, -0.25) is 14.3 Å². The lowest BCUT2D eigenvalue weighted by molar-refractivity contribution is -0.118. The highest BCUT2D eigenvalue weighted by atomic mass is 32.1. The normalized spacial score (nSPS) is 14.6. The first-order chi connectivity index (χ1) is 13.4. The maximum atomic E-state index is 12.9. The molecular formula is C20H21N5O2S. The molecule has 144 valence electrons. The van der Waals surface area contributed by atoms with E-state index >= 15 is 0 Å². The second-order valence-electron chi connectivity index (χ2n) is 7.32. The number of nitrogens with zero attached hydrogens (tertiary/aromatic N) is 4. The molecule has 0 fully saturated rings. The Labute approximate surface area is 166 Å². The third-order valence-electron chi connectivity index (χ3n) is 5.58. The Balaban J connectivity index is 1.72. The molecule has 0 spiro atoms. The second kappa shape index (κ2) is 6.99. The molecule has 28 heavy (non-hydrogen) atoms. The Bertz CT molecular complexity index is 1190. The van der Waals surface area contributed by atoms with Crippen molar-refractivity contribution in [2.75, 3.05) is 0 Å². The van der Waals surface area contributed by atoms with E-state index < -0.39 is 5.92 Å². The lowest BCUT2D eigenvalue weighted by Crippen LogP contribution is -2.21. The second-order valence-corrected chi connectivity index (χ2v) is 8.40. The number of hydrogen-bond donors (Lipinski definition) is 1. The summed E-state index contributed by atoms with van der Waals surface area (Å²) in [7, 11) is 1.82. The molecule has 3 heterocycles. The minimum Gasteiger partial charge on any atom is -0.308 e. The highest BCUT2D eigenvalue weighted by Crippen LogP contribution is 2.34. The zero-order chi connectivity index (χ0) is 20.0. The third-order valence-corrected chi connectivity index (χ3v) is 6.76. The molecule has 0 unspecified atom stereocenters. The molecule has 1 aliphatic rings.